The highest BCUT2D eigenvalue weighted by Gasteiger charge is 2.29. The lowest BCUT2D eigenvalue weighted by Gasteiger charge is -2.30. The second-order valence-electron chi connectivity index (χ2n) is 7.44. The second kappa shape index (κ2) is 12.8. The molecule has 0 radical (unpaired) electrons. The molecule has 0 aromatic carbocycles. The van der Waals surface area contributed by atoms with Crippen molar-refractivity contribution in [3.8, 4) is 0 Å². The molecule has 1 amide bonds. The molecule has 7 heteroatoms. The van der Waals surface area contributed by atoms with Crippen molar-refractivity contribution in [2.75, 3.05) is 32.8 Å². The molecule has 1 atom stereocenters. The number of rotatable bonds is 9. The van der Waals surface area contributed by atoms with Crippen LogP contribution >= 0.6 is 24.0 Å². The van der Waals surface area contributed by atoms with Gasteiger partial charge in [0.1, 0.15) is 0 Å². The Morgan fingerprint density at radius 3 is 2.46 bits per heavy atom. The van der Waals surface area contributed by atoms with Gasteiger partial charge in [0.2, 0.25) is 5.91 Å². The van der Waals surface area contributed by atoms with Crippen molar-refractivity contribution < 1.29 is 9.90 Å². The maximum Gasteiger partial charge on any atom is 0.225 e. The second-order valence-corrected chi connectivity index (χ2v) is 7.44. The summed E-state index contributed by atoms with van der Waals surface area (Å²) >= 11 is 0. The highest BCUT2D eigenvalue weighted by atomic mass is 127. The van der Waals surface area contributed by atoms with Crippen molar-refractivity contribution in [2.45, 2.75) is 66.3 Å². The number of carbonyl (C=O) groups excluding carboxylic acids is 1. The minimum absolute atomic E-state index is 0. The third kappa shape index (κ3) is 7.58. The molecule has 1 heterocycles. The van der Waals surface area contributed by atoms with Crippen molar-refractivity contribution in [1.82, 2.24) is 15.5 Å². The Morgan fingerprint density at radius 2 is 1.96 bits per heavy atom. The molecular weight excluding hydrogens is 443 g/mol. The summed E-state index contributed by atoms with van der Waals surface area (Å²) in [6, 6.07) is 0.246. The Morgan fingerprint density at radius 1 is 1.31 bits per heavy atom. The topological polar surface area (TPSA) is 77.0 Å². The lowest BCUT2D eigenvalue weighted by molar-refractivity contribution is -0.133. The van der Waals surface area contributed by atoms with Gasteiger partial charge >= 0.3 is 0 Å². The Hall–Kier alpha value is -0.570. The van der Waals surface area contributed by atoms with Gasteiger partial charge in [0.25, 0.3) is 0 Å². The maximum absolute atomic E-state index is 12.1. The number of hydrogen-bond donors (Lipinski definition) is 3. The molecule has 1 unspecified atom stereocenters. The summed E-state index contributed by atoms with van der Waals surface area (Å²) in [4.78, 5) is 18.9. The van der Waals surface area contributed by atoms with Crippen molar-refractivity contribution in [1.29, 1.82) is 0 Å². The minimum atomic E-state index is 0. The summed E-state index contributed by atoms with van der Waals surface area (Å²) in [7, 11) is 0. The van der Waals surface area contributed by atoms with Gasteiger partial charge in [0.15, 0.2) is 5.96 Å². The predicted molar refractivity (Wildman–Crippen MR) is 119 cm³/mol. The van der Waals surface area contributed by atoms with Crippen LogP contribution in [0.25, 0.3) is 0 Å². The summed E-state index contributed by atoms with van der Waals surface area (Å²) in [5.41, 5.74) is 0.0619. The van der Waals surface area contributed by atoms with Gasteiger partial charge in [-0.15, -0.1) is 24.0 Å². The largest absolute Gasteiger partial charge is 0.396 e. The van der Waals surface area contributed by atoms with Crippen LogP contribution in [0.3, 0.4) is 0 Å². The number of nitrogens with zero attached hydrogens (tertiary/aromatic N) is 2. The van der Waals surface area contributed by atoms with Gasteiger partial charge in [-0.2, -0.15) is 0 Å². The number of guanidine groups is 1. The van der Waals surface area contributed by atoms with E-state index in [1.54, 1.807) is 0 Å². The molecule has 0 saturated carbocycles. The van der Waals surface area contributed by atoms with E-state index < -0.39 is 0 Å². The number of halogens is 1. The quantitative estimate of drug-likeness (QED) is 0.268. The first kappa shape index (κ1) is 25.4. The molecule has 3 N–H and O–H groups in total. The van der Waals surface area contributed by atoms with Gasteiger partial charge in [-0.3, -0.25) is 9.79 Å². The molecule has 0 aliphatic carbocycles. The van der Waals surface area contributed by atoms with Crippen LogP contribution < -0.4 is 10.6 Å². The molecule has 0 bridgehead atoms. The van der Waals surface area contributed by atoms with Crippen LogP contribution in [0.1, 0.15) is 60.3 Å². The average Bonchev–Trinajstić information content (AvgIpc) is 3.06. The standard InChI is InChI=1S/C19H38N4O2.HI/c1-6-19(7-2,10-12-24)14-21-18(20-8-3)22-16-9-11-23(13-16)17(25)15(4)5;/h15-16,24H,6-14H2,1-5H3,(H2,20,21,22);1H. The third-order valence-corrected chi connectivity index (χ3v) is 5.39. The van der Waals surface area contributed by atoms with E-state index in [1.165, 1.54) is 0 Å². The van der Waals surface area contributed by atoms with Crippen molar-refractivity contribution in [3.05, 3.63) is 0 Å². The first-order chi connectivity index (χ1) is 11.9. The van der Waals surface area contributed by atoms with Gasteiger partial charge < -0.3 is 20.6 Å². The average molecular weight is 482 g/mol. The van der Waals surface area contributed by atoms with Gasteiger partial charge in [-0.25, -0.2) is 0 Å². The summed E-state index contributed by atoms with van der Waals surface area (Å²) in [6.45, 7) is 13.6. The Bertz CT molecular complexity index is 439. The molecular formula is C19H39IN4O2. The zero-order chi connectivity index (χ0) is 18.9. The zero-order valence-electron chi connectivity index (χ0n) is 17.2. The number of aliphatic hydroxyl groups is 1. The molecule has 26 heavy (non-hydrogen) atoms. The first-order valence-electron chi connectivity index (χ1n) is 9.85. The third-order valence-electron chi connectivity index (χ3n) is 5.39. The fourth-order valence-corrected chi connectivity index (χ4v) is 3.35. The van der Waals surface area contributed by atoms with E-state index in [0.29, 0.717) is 6.54 Å². The molecule has 1 rings (SSSR count). The number of hydrogen-bond acceptors (Lipinski definition) is 3. The number of aliphatic imine (C=N–C) groups is 1. The first-order valence-corrected chi connectivity index (χ1v) is 9.85. The number of carbonyl (C=O) groups is 1. The summed E-state index contributed by atoms with van der Waals surface area (Å²) in [5, 5.41) is 16.2. The van der Waals surface area contributed by atoms with Gasteiger partial charge in [0.05, 0.1) is 0 Å². The van der Waals surface area contributed by atoms with Gasteiger partial charge in [-0.1, -0.05) is 27.7 Å². The molecule has 1 aliphatic heterocycles. The van der Waals surface area contributed by atoms with E-state index in [9.17, 15) is 9.90 Å². The smallest absolute Gasteiger partial charge is 0.225 e. The normalized spacial score (nSPS) is 18.0. The molecule has 0 spiro atoms. The molecule has 6 nitrogen and oxygen atoms in total. The predicted octanol–water partition coefficient (Wildman–Crippen LogP) is 2.61. The monoisotopic (exact) mass is 482 g/mol. The van der Waals surface area contributed by atoms with Crippen LogP contribution in [0, 0.1) is 11.3 Å². The number of likely N-dealkylation sites (tertiary alicyclic amines) is 1. The Labute approximate surface area is 176 Å². The maximum atomic E-state index is 12.1. The van der Waals surface area contributed by atoms with Crippen LogP contribution in [-0.4, -0.2) is 60.7 Å². The van der Waals surface area contributed by atoms with E-state index in [4.69, 9.17) is 4.99 Å². The Balaban J connectivity index is 0.00000625. The van der Waals surface area contributed by atoms with Crippen LogP contribution in [0.5, 0.6) is 0 Å². The molecule has 154 valence electrons. The van der Waals surface area contributed by atoms with E-state index >= 15 is 0 Å². The lowest BCUT2D eigenvalue weighted by Crippen LogP contribution is -2.46. The van der Waals surface area contributed by atoms with Crippen molar-refractivity contribution in [2.24, 2.45) is 16.3 Å². The van der Waals surface area contributed by atoms with Crippen LogP contribution in [0.2, 0.25) is 0 Å². The lowest BCUT2D eigenvalue weighted by atomic mass is 9.79. The SMILES string of the molecule is CCNC(=NCC(CC)(CC)CCO)NC1CCN(C(=O)C(C)C)C1.I. The van der Waals surface area contributed by atoms with E-state index in [1.807, 2.05) is 18.7 Å². The summed E-state index contributed by atoms with van der Waals surface area (Å²) in [6.07, 6.45) is 3.75. The fourth-order valence-electron chi connectivity index (χ4n) is 3.35. The summed E-state index contributed by atoms with van der Waals surface area (Å²) in [5.74, 6) is 1.09. The van der Waals surface area contributed by atoms with Gasteiger partial charge in [0, 0.05) is 44.7 Å². The summed E-state index contributed by atoms with van der Waals surface area (Å²) < 4.78 is 0. The van der Waals surface area contributed by atoms with Crippen LogP contribution in [0.4, 0.5) is 0 Å². The number of amides is 1. The number of nitrogens with one attached hydrogen (secondary N) is 2. The number of aliphatic hydroxyl groups excluding tert-OH is 1. The highest BCUT2D eigenvalue weighted by molar-refractivity contribution is 14.0. The zero-order valence-corrected chi connectivity index (χ0v) is 19.5. The van der Waals surface area contributed by atoms with Crippen LogP contribution in [0.15, 0.2) is 4.99 Å². The van der Waals surface area contributed by atoms with Crippen molar-refractivity contribution >= 4 is 35.8 Å². The van der Waals surface area contributed by atoms with E-state index in [0.717, 1.165) is 51.3 Å². The Kier molecular flexibility index (Phi) is 12.5. The molecule has 1 fully saturated rings. The van der Waals surface area contributed by atoms with Crippen LogP contribution in [-0.2, 0) is 4.79 Å². The molecule has 0 aromatic rings. The molecule has 1 aliphatic rings. The molecule has 0 aromatic heterocycles. The van der Waals surface area contributed by atoms with Crippen molar-refractivity contribution in [3.63, 3.8) is 0 Å². The van der Waals surface area contributed by atoms with Gasteiger partial charge in [-0.05, 0) is 38.0 Å². The fraction of sp³-hybridized carbons (Fsp3) is 0.895. The van der Waals surface area contributed by atoms with E-state index in [2.05, 4.69) is 31.4 Å². The van der Waals surface area contributed by atoms with E-state index in [-0.39, 0.29) is 53.9 Å². The minimum Gasteiger partial charge on any atom is -0.396 e. The molecule has 1 saturated heterocycles. The highest BCUT2D eigenvalue weighted by Crippen LogP contribution is 2.30.